The van der Waals surface area contributed by atoms with Gasteiger partial charge >= 0.3 is 0 Å². The van der Waals surface area contributed by atoms with E-state index >= 15 is 0 Å². The van der Waals surface area contributed by atoms with E-state index in [4.69, 9.17) is 0 Å². The topological polar surface area (TPSA) is 37.4 Å². The first-order valence-corrected chi connectivity index (χ1v) is 7.70. The molecule has 2 aliphatic heterocycles. The molecule has 2 rings (SSSR count). The maximum Gasteiger partial charge on any atom is 0.235 e. The van der Waals surface area contributed by atoms with Crippen molar-refractivity contribution in [3.05, 3.63) is 0 Å². The Labute approximate surface area is 107 Å². The fourth-order valence-corrected chi connectivity index (χ4v) is 3.88. The minimum Gasteiger partial charge on any atom is -0.341 e. The Morgan fingerprint density at radius 1 is 1.47 bits per heavy atom. The van der Waals surface area contributed by atoms with Crippen molar-refractivity contribution in [2.45, 2.75) is 44.3 Å². The van der Waals surface area contributed by atoms with E-state index in [2.05, 4.69) is 0 Å². The number of Topliss-reactive ketones (excluding diaryl/α,β-unsaturated/α-hetero) is 1. The van der Waals surface area contributed by atoms with Crippen LogP contribution in [0.5, 0.6) is 0 Å². The second-order valence-electron chi connectivity index (χ2n) is 4.96. The molecule has 2 saturated heterocycles. The molecule has 0 spiro atoms. The highest BCUT2D eigenvalue weighted by Crippen LogP contribution is 2.28. The Bertz CT molecular complexity index is 300. The fraction of sp³-hybridized carbons (Fsp3) is 0.846. The molecule has 2 unspecified atom stereocenters. The number of rotatable bonds is 2. The van der Waals surface area contributed by atoms with Gasteiger partial charge < -0.3 is 4.90 Å². The lowest BCUT2D eigenvalue weighted by Crippen LogP contribution is -2.47. The summed E-state index contributed by atoms with van der Waals surface area (Å²) < 4.78 is 0. The van der Waals surface area contributed by atoms with Crippen molar-refractivity contribution in [2.75, 3.05) is 18.8 Å². The Morgan fingerprint density at radius 3 is 2.94 bits per heavy atom. The van der Waals surface area contributed by atoms with E-state index in [-0.39, 0.29) is 17.1 Å². The largest absolute Gasteiger partial charge is 0.341 e. The average Bonchev–Trinajstić information content (AvgIpc) is 2.39. The Hall–Kier alpha value is -0.510. The Morgan fingerprint density at radius 2 is 2.29 bits per heavy atom. The highest BCUT2D eigenvalue weighted by Gasteiger charge is 2.32. The molecule has 4 heteroatoms. The van der Waals surface area contributed by atoms with Crippen LogP contribution in [-0.4, -0.2) is 40.7 Å². The molecule has 0 bridgehead atoms. The van der Waals surface area contributed by atoms with Gasteiger partial charge in [-0.15, -0.1) is 11.8 Å². The number of thioether (sulfide) groups is 1. The van der Waals surface area contributed by atoms with E-state index in [1.165, 1.54) is 12.8 Å². The van der Waals surface area contributed by atoms with Crippen LogP contribution >= 0.6 is 11.8 Å². The smallest absolute Gasteiger partial charge is 0.235 e. The van der Waals surface area contributed by atoms with Crippen molar-refractivity contribution < 1.29 is 9.59 Å². The van der Waals surface area contributed by atoms with Crippen LogP contribution in [0, 0.1) is 5.92 Å². The van der Waals surface area contributed by atoms with E-state index in [1.807, 2.05) is 11.8 Å². The molecule has 2 aliphatic rings. The van der Waals surface area contributed by atoms with E-state index in [9.17, 15) is 9.59 Å². The zero-order valence-corrected chi connectivity index (χ0v) is 11.3. The quantitative estimate of drug-likeness (QED) is 0.758. The van der Waals surface area contributed by atoms with E-state index < -0.39 is 0 Å². The van der Waals surface area contributed by atoms with Crippen LogP contribution in [0.1, 0.15) is 39.0 Å². The van der Waals surface area contributed by atoms with Crippen molar-refractivity contribution in [1.29, 1.82) is 0 Å². The second kappa shape index (κ2) is 5.89. The molecule has 1 amide bonds. The molecule has 2 fully saturated rings. The molecule has 2 atom stereocenters. The normalized spacial score (nSPS) is 30.4. The highest BCUT2D eigenvalue weighted by atomic mass is 32.2. The van der Waals surface area contributed by atoms with Crippen molar-refractivity contribution in [3.63, 3.8) is 0 Å². The molecule has 0 radical (unpaired) electrons. The number of amides is 1. The summed E-state index contributed by atoms with van der Waals surface area (Å²) in [5.74, 6) is 1.81. The zero-order valence-electron chi connectivity index (χ0n) is 10.5. The SMILES string of the molecule is CCC1CN(C(=O)C2CCCCS2)CCC1=O. The number of carbonyl (C=O) groups is 2. The molecule has 2 heterocycles. The lowest BCUT2D eigenvalue weighted by atomic mass is 9.94. The minimum atomic E-state index is 0.0845. The number of nitrogens with zero attached hydrogens (tertiary/aromatic N) is 1. The minimum absolute atomic E-state index is 0.0845. The zero-order chi connectivity index (χ0) is 12.3. The average molecular weight is 255 g/mol. The third kappa shape index (κ3) is 3.03. The molecule has 0 aromatic rings. The third-order valence-electron chi connectivity index (χ3n) is 3.78. The predicted molar refractivity (Wildman–Crippen MR) is 70.1 cm³/mol. The van der Waals surface area contributed by atoms with Gasteiger partial charge in [-0.25, -0.2) is 0 Å². The van der Waals surface area contributed by atoms with Gasteiger partial charge in [0.25, 0.3) is 0 Å². The van der Waals surface area contributed by atoms with Crippen LogP contribution in [0.2, 0.25) is 0 Å². The van der Waals surface area contributed by atoms with Crippen LogP contribution in [0.25, 0.3) is 0 Å². The molecule has 96 valence electrons. The van der Waals surface area contributed by atoms with Gasteiger partial charge in [-0.3, -0.25) is 9.59 Å². The summed E-state index contributed by atoms with van der Waals surface area (Å²) in [5.41, 5.74) is 0. The van der Waals surface area contributed by atoms with E-state index in [0.717, 1.165) is 18.6 Å². The maximum absolute atomic E-state index is 12.3. The van der Waals surface area contributed by atoms with Crippen molar-refractivity contribution in [2.24, 2.45) is 5.92 Å². The first-order chi connectivity index (χ1) is 8.22. The summed E-state index contributed by atoms with van der Waals surface area (Å²) in [6.07, 6.45) is 4.85. The van der Waals surface area contributed by atoms with Crippen LogP contribution < -0.4 is 0 Å². The molecule has 0 saturated carbocycles. The first kappa shape index (κ1) is 12.9. The summed E-state index contributed by atoms with van der Waals surface area (Å²) in [6.45, 7) is 3.34. The molecular weight excluding hydrogens is 234 g/mol. The molecule has 3 nitrogen and oxygen atoms in total. The number of hydrogen-bond donors (Lipinski definition) is 0. The van der Waals surface area contributed by atoms with Gasteiger partial charge in [-0.05, 0) is 25.0 Å². The summed E-state index contributed by atoms with van der Waals surface area (Å²) in [5, 5.41) is 0.162. The first-order valence-electron chi connectivity index (χ1n) is 6.65. The molecule has 17 heavy (non-hydrogen) atoms. The fourth-order valence-electron chi connectivity index (χ4n) is 2.60. The molecule has 0 N–H and O–H groups in total. The van der Waals surface area contributed by atoms with Crippen molar-refractivity contribution in [1.82, 2.24) is 4.90 Å². The number of piperidine rings is 1. The lowest BCUT2D eigenvalue weighted by molar-refractivity contribution is -0.137. The van der Waals surface area contributed by atoms with Crippen molar-refractivity contribution >= 4 is 23.5 Å². The number of carbonyl (C=O) groups excluding carboxylic acids is 2. The van der Waals surface area contributed by atoms with E-state index in [0.29, 0.717) is 25.3 Å². The van der Waals surface area contributed by atoms with Crippen LogP contribution in [-0.2, 0) is 9.59 Å². The summed E-state index contributed by atoms with van der Waals surface area (Å²) in [7, 11) is 0. The van der Waals surface area contributed by atoms with Gasteiger partial charge in [-0.2, -0.15) is 0 Å². The number of hydrogen-bond acceptors (Lipinski definition) is 3. The Balaban J connectivity index is 1.92. The summed E-state index contributed by atoms with van der Waals surface area (Å²) in [6, 6.07) is 0. The predicted octanol–water partition coefficient (Wildman–Crippen LogP) is 2.10. The summed E-state index contributed by atoms with van der Waals surface area (Å²) in [4.78, 5) is 25.9. The monoisotopic (exact) mass is 255 g/mol. The van der Waals surface area contributed by atoms with Crippen molar-refractivity contribution in [3.8, 4) is 0 Å². The van der Waals surface area contributed by atoms with Crippen LogP contribution in [0.15, 0.2) is 0 Å². The molecule has 0 aliphatic carbocycles. The molecular formula is C13H21NO2S. The molecule has 0 aromatic heterocycles. The third-order valence-corrected chi connectivity index (χ3v) is 5.15. The van der Waals surface area contributed by atoms with Gasteiger partial charge in [0.15, 0.2) is 0 Å². The second-order valence-corrected chi connectivity index (χ2v) is 6.27. The van der Waals surface area contributed by atoms with Gasteiger partial charge in [-0.1, -0.05) is 13.3 Å². The summed E-state index contributed by atoms with van der Waals surface area (Å²) >= 11 is 1.80. The Kier molecular flexibility index (Phi) is 4.48. The lowest BCUT2D eigenvalue weighted by Gasteiger charge is -2.34. The van der Waals surface area contributed by atoms with Crippen LogP contribution in [0.4, 0.5) is 0 Å². The van der Waals surface area contributed by atoms with Gasteiger partial charge in [0.1, 0.15) is 5.78 Å². The maximum atomic E-state index is 12.3. The standard InChI is InChI=1S/C13H21NO2S/c1-2-10-9-14(7-6-11(10)15)13(16)12-5-3-4-8-17-12/h10,12H,2-9H2,1H3. The van der Waals surface area contributed by atoms with Gasteiger partial charge in [0.05, 0.1) is 5.25 Å². The highest BCUT2D eigenvalue weighted by molar-refractivity contribution is 8.00. The van der Waals surface area contributed by atoms with Gasteiger partial charge in [0, 0.05) is 25.4 Å². The molecule has 0 aromatic carbocycles. The van der Waals surface area contributed by atoms with Crippen LogP contribution in [0.3, 0.4) is 0 Å². The van der Waals surface area contributed by atoms with Gasteiger partial charge in [0.2, 0.25) is 5.91 Å². The number of likely N-dealkylation sites (tertiary alicyclic amines) is 1. The number of ketones is 1. The van der Waals surface area contributed by atoms with E-state index in [1.54, 1.807) is 11.8 Å².